The summed E-state index contributed by atoms with van der Waals surface area (Å²) in [5.74, 6) is 7.82. The molecule has 0 aliphatic rings. The minimum atomic E-state index is 0.468. The number of nitrogens with zero attached hydrogens (tertiary/aromatic N) is 2. The van der Waals surface area contributed by atoms with E-state index in [1.54, 1.807) is 7.11 Å². The number of nitrogens with two attached hydrogens (primary N) is 2. The van der Waals surface area contributed by atoms with Gasteiger partial charge in [-0.3, -0.25) is 0 Å². The van der Waals surface area contributed by atoms with Crippen molar-refractivity contribution >= 4 is 5.82 Å². The first-order valence-electron chi connectivity index (χ1n) is 5.44. The molecular weight excluding hydrogens is 216 g/mol. The molecule has 0 saturated carbocycles. The number of ether oxygens (including phenoxy) is 1. The second kappa shape index (κ2) is 4.37. The Morgan fingerprint density at radius 1 is 1.41 bits per heavy atom. The summed E-state index contributed by atoms with van der Waals surface area (Å²) in [6.45, 7) is 1.99. The zero-order valence-corrected chi connectivity index (χ0v) is 9.97. The number of hydrogen-bond acceptors (Lipinski definition) is 4. The van der Waals surface area contributed by atoms with Crippen LogP contribution >= 0.6 is 0 Å². The fourth-order valence-electron chi connectivity index (χ4n) is 1.73. The van der Waals surface area contributed by atoms with Crippen LogP contribution in [0.5, 0.6) is 5.75 Å². The molecule has 0 unspecified atom stereocenters. The number of anilines is 1. The summed E-state index contributed by atoms with van der Waals surface area (Å²) in [7, 11) is 1.63. The van der Waals surface area contributed by atoms with Gasteiger partial charge >= 0.3 is 0 Å². The predicted octanol–water partition coefficient (Wildman–Crippen LogP) is 1.42. The molecule has 0 saturated heterocycles. The van der Waals surface area contributed by atoms with Crippen LogP contribution in [0.25, 0.3) is 11.3 Å². The van der Waals surface area contributed by atoms with E-state index in [0.29, 0.717) is 11.5 Å². The minimum Gasteiger partial charge on any atom is -0.497 e. The zero-order chi connectivity index (χ0) is 12.4. The summed E-state index contributed by atoms with van der Waals surface area (Å²) in [6, 6.07) is 7.59. The molecule has 1 aromatic heterocycles. The predicted molar refractivity (Wildman–Crippen MR) is 68.2 cm³/mol. The second-order valence-electron chi connectivity index (χ2n) is 3.72. The normalized spacial score (nSPS) is 10.5. The zero-order valence-electron chi connectivity index (χ0n) is 9.97. The highest BCUT2D eigenvalue weighted by molar-refractivity contribution is 5.72. The Hall–Kier alpha value is -2.17. The minimum absolute atomic E-state index is 0.468. The Labute approximate surface area is 100.0 Å². The van der Waals surface area contributed by atoms with Crippen LogP contribution in [0.4, 0.5) is 5.82 Å². The number of nitrogen functional groups attached to an aromatic ring is 2. The molecule has 0 fully saturated rings. The first-order chi connectivity index (χ1) is 8.17. The van der Waals surface area contributed by atoms with Crippen molar-refractivity contribution in [3.8, 4) is 17.0 Å². The van der Waals surface area contributed by atoms with Crippen molar-refractivity contribution in [1.82, 2.24) is 9.66 Å². The number of aryl methyl sites for hydroxylation is 1. The van der Waals surface area contributed by atoms with E-state index < -0.39 is 0 Å². The molecule has 2 aromatic rings. The summed E-state index contributed by atoms with van der Waals surface area (Å²) >= 11 is 0. The van der Waals surface area contributed by atoms with Gasteiger partial charge in [0.05, 0.1) is 7.11 Å². The van der Waals surface area contributed by atoms with Crippen molar-refractivity contribution in [1.29, 1.82) is 0 Å². The fraction of sp³-hybridized carbons (Fsp3) is 0.250. The highest BCUT2D eigenvalue weighted by Gasteiger charge is 2.13. The first-order valence-corrected chi connectivity index (χ1v) is 5.44. The van der Waals surface area contributed by atoms with Gasteiger partial charge in [-0.15, -0.1) is 0 Å². The van der Waals surface area contributed by atoms with Crippen LogP contribution in [0.2, 0.25) is 0 Å². The molecule has 0 atom stereocenters. The monoisotopic (exact) mass is 232 g/mol. The molecule has 0 bridgehead atoms. The Balaban J connectivity index is 2.52. The molecule has 1 aromatic carbocycles. The quantitative estimate of drug-likeness (QED) is 0.784. The second-order valence-corrected chi connectivity index (χ2v) is 3.72. The van der Waals surface area contributed by atoms with Crippen molar-refractivity contribution in [2.45, 2.75) is 13.3 Å². The van der Waals surface area contributed by atoms with Crippen LogP contribution in [-0.4, -0.2) is 16.8 Å². The summed E-state index contributed by atoms with van der Waals surface area (Å²) in [4.78, 5) is 4.43. The molecule has 17 heavy (non-hydrogen) atoms. The van der Waals surface area contributed by atoms with Gasteiger partial charge < -0.3 is 16.3 Å². The third-order valence-electron chi connectivity index (χ3n) is 2.68. The highest BCUT2D eigenvalue weighted by Crippen LogP contribution is 2.27. The van der Waals surface area contributed by atoms with E-state index in [0.717, 1.165) is 23.6 Å². The summed E-state index contributed by atoms with van der Waals surface area (Å²) in [5.41, 5.74) is 7.54. The Bertz CT molecular complexity index is 533. The Morgan fingerprint density at radius 3 is 2.76 bits per heavy atom. The summed E-state index contributed by atoms with van der Waals surface area (Å²) in [5, 5.41) is 0. The topological polar surface area (TPSA) is 79.1 Å². The van der Waals surface area contributed by atoms with Gasteiger partial charge in [0.15, 0.2) is 5.82 Å². The maximum atomic E-state index is 5.94. The average Bonchev–Trinajstić information content (AvgIpc) is 2.66. The molecule has 0 amide bonds. The molecule has 0 spiro atoms. The summed E-state index contributed by atoms with van der Waals surface area (Å²) in [6.07, 6.45) is 0.741. The van der Waals surface area contributed by atoms with Crippen LogP contribution < -0.4 is 16.3 Å². The molecule has 5 heteroatoms. The Morgan fingerprint density at radius 2 is 2.18 bits per heavy atom. The van der Waals surface area contributed by atoms with Gasteiger partial charge in [0, 0.05) is 12.0 Å². The van der Waals surface area contributed by atoms with Gasteiger partial charge in [0.2, 0.25) is 0 Å². The van der Waals surface area contributed by atoms with Crippen LogP contribution in [-0.2, 0) is 6.42 Å². The molecule has 0 radical (unpaired) electrons. The lowest BCUT2D eigenvalue weighted by molar-refractivity contribution is 0.415. The lowest BCUT2D eigenvalue weighted by atomic mass is 10.1. The molecule has 2 rings (SSSR count). The van der Waals surface area contributed by atoms with Crippen LogP contribution in [0.3, 0.4) is 0 Å². The lowest BCUT2D eigenvalue weighted by Crippen LogP contribution is -2.14. The number of rotatable bonds is 3. The number of imidazole rings is 1. The third-order valence-corrected chi connectivity index (χ3v) is 2.68. The maximum absolute atomic E-state index is 5.94. The van der Waals surface area contributed by atoms with Gasteiger partial charge in [0.25, 0.3) is 0 Å². The van der Waals surface area contributed by atoms with E-state index in [9.17, 15) is 0 Å². The van der Waals surface area contributed by atoms with E-state index in [1.165, 1.54) is 4.68 Å². The van der Waals surface area contributed by atoms with Crippen LogP contribution in [0.15, 0.2) is 24.3 Å². The third kappa shape index (κ3) is 1.91. The van der Waals surface area contributed by atoms with Crippen LogP contribution in [0, 0.1) is 0 Å². The standard InChI is InChI=1S/C12H16N4O/c1-3-10-15-11(12(13)16(10)14)8-5-4-6-9(7-8)17-2/h4-7H,3,13-14H2,1-2H3. The first kappa shape index (κ1) is 11.3. The molecule has 5 nitrogen and oxygen atoms in total. The average molecular weight is 232 g/mol. The van der Waals surface area contributed by atoms with E-state index in [1.807, 2.05) is 31.2 Å². The fourth-order valence-corrected chi connectivity index (χ4v) is 1.73. The van der Waals surface area contributed by atoms with Crippen molar-refractivity contribution in [2.24, 2.45) is 0 Å². The number of benzene rings is 1. The largest absolute Gasteiger partial charge is 0.497 e. The Kier molecular flexibility index (Phi) is 2.91. The highest BCUT2D eigenvalue weighted by atomic mass is 16.5. The van der Waals surface area contributed by atoms with E-state index in [4.69, 9.17) is 16.3 Å². The molecule has 90 valence electrons. The van der Waals surface area contributed by atoms with Gasteiger partial charge in [0.1, 0.15) is 17.3 Å². The van der Waals surface area contributed by atoms with Crippen molar-refractivity contribution in [3.05, 3.63) is 30.1 Å². The van der Waals surface area contributed by atoms with Crippen molar-refractivity contribution in [3.63, 3.8) is 0 Å². The van der Waals surface area contributed by atoms with Gasteiger partial charge in [-0.05, 0) is 12.1 Å². The maximum Gasteiger partial charge on any atom is 0.150 e. The number of aromatic nitrogens is 2. The SMILES string of the molecule is CCc1nc(-c2cccc(OC)c2)c(N)n1N. The van der Waals surface area contributed by atoms with Crippen molar-refractivity contribution in [2.75, 3.05) is 18.7 Å². The number of hydrogen-bond donors (Lipinski definition) is 2. The van der Waals surface area contributed by atoms with E-state index >= 15 is 0 Å². The van der Waals surface area contributed by atoms with Crippen molar-refractivity contribution < 1.29 is 4.74 Å². The van der Waals surface area contributed by atoms with Gasteiger partial charge in [-0.25, -0.2) is 9.66 Å². The van der Waals surface area contributed by atoms with Gasteiger partial charge in [-0.2, -0.15) is 0 Å². The lowest BCUT2D eigenvalue weighted by Gasteiger charge is -2.03. The van der Waals surface area contributed by atoms with Crippen LogP contribution in [0.1, 0.15) is 12.7 Å². The summed E-state index contributed by atoms with van der Waals surface area (Å²) < 4.78 is 6.60. The number of methoxy groups -OCH3 is 1. The van der Waals surface area contributed by atoms with E-state index in [-0.39, 0.29) is 0 Å². The smallest absolute Gasteiger partial charge is 0.150 e. The molecule has 0 aliphatic heterocycles. The molecular formula is C12H16N4O. The molecule has 1 heterocycles. The van der Waals surface area contributed by atoms with Gasteiger partial charge in [-0.1, -0.05) is 19.1 Å². The molecule has 0 aliphatic carbocycles. The van der Waals surface area contributed by atoms with E-state index in [2.05, 4.69) is 4.98 Å². The molecule has 4 N–H and O–H groups in total.